The monoisotopic (exact) mass is 248 g/mol. The molecule has 0 aliphatic carbocycles. The van der Waals surface area contributed by atoms with Crippen LogP contribution in [0.5, 0.6) is 0 Å². The number of rotatable bonds is 4. The first kappa shape index (κ1) is 13.0. The zero-order valence-corrected chi connectivity index (χ0v) is 11.3. The van der Waals surface area contributed by atoms with Crippen molar-refractivity contribution in [3.63, 3.8) is 0 Å². The summed E-state index contributed by atoms with van der Waals surface area (Å²) in [6, 6.07) is 3.64. The SMILES string of the molecule is CCC1CN(Cc2ccc(C(=O)N(C)C)nn2)C1. The van der Waals surface area contributed by atoms with Gasteiger partial charge in [0.15, 0.2) is 5.69 Å². The molecule has 2 rings (SSSR count). The first-order valence-corrected chi connectivity index (χ1v) is 6.36. The van der Waals surface area contributed by atoms with Gasteiger partial charge in [-0.05, 0) is 18.1 Å². The van der Waals surface area contributed by atoms with Gasteiger partial charge in [0.1, 0.15) is 0 Å². The van der Waals surface area contributed by atoms with Crippen LogP contribution in [0.2, 0.25) is 0 Å². The second-order valence-electron chi connectivity index (χ2n) is 5.08. The van der Waals surface area contributed by atoms with Crippen LogP contribution in [-0.2, 0) is 6.54 Å². The first-order valence-electron chi connectivity index (χ1n) is 6.36. The summed E-state index contributed by atoms with van der Waals surface area (Å²) in [5.74, 6) is 0.733. The van der Waals surface area contributed by atoms with Crippen molar-refractivity contribution in [2.45, 2.75) is 19.9 Å². The Hall–Kier alpha value is -1.49. The minimum Gasteiger partial charge on any atom is -0.343 e. The third-order valence-electron chi connectivity index (χ3n) is 3.34. The maximum Gasteiger partial charge on any atom is 0.273 e. The van der Waals surface area contributed by atoms with E-state index in [0.717, 1.165) is 31.2 Å². The van der Waals surface area contributed by atoms with Gasteiger partial charge in [0.25, 0.3) is 5.91 Å². The molecule has 1 amide bonds. The number of carbonyl (C=O) groups is 1. The number of hydrogen-bond acceptors (Lipinski definition) is 4. The van der Waals surface area contributed by atoms with Crippen molar-refractivity contribution < 1.29 is 4.79 Å². The summed E-state index contributed by atoms with van der Waals surface area (Å²) in [5.41, 5.74) is 1.33. The Morgan fingerprint density at radius 1 is 1.39 bits per heavy atom. The van der Waals surface area contributed by atoms with Crippen LogP contribution in [0.15, 0.2) is 12.1 Å². The van der Waals surface area contributed by atoms with Gasteiger partial charge in [-0.2, -0.15) is 5.10 Å². The lowest BCUT2D eigenvalue weighted by Gasteiger charge is -2.38. The molecule has 0 N–H and O–H groups in total. The number of nitrogens with zero attached hydrogens (tertiary/aromatic N) is 4. The molecule has 18 heavy (non-hydrogen) atoms. The smallest absolute Gasteiger partial charge is 0.273 e. The van der Waals surface area contributed by atoms with E-state index in [9.17, 15) is 4.79 Å². The Balaban J connectivity index is 1.90. The molecule has 0 bridgehead atoms. The largest absolute Gasteiger partial charge is 0.343 e. The number of likely N-dealkylation sites (tertiary alicyclic amines) is 1. The fourth-order valence-electron chi connectivity index (χ4n) is 2.08. The summed E-state index contributed by atoms with van der Waals surface area (Å²) in [7, 11) is 3.42. The fourth-order valence-corrected chi connectivity index (χ4v) is 2.08. The van der Waals surface area contributed by atoms with Crippen molar-refractivity contribution in [3.05, 3.63) is 23.5 Å². The summed E-state index contributed by atoms with van der Waals surface area (Å²) >= 11 is 0. The molecule has 0 radical (unpaired) electrons. The lowest BCUT2D eigenvalue weighted by molar-refractivity contribution is 0.0818. The van der Waals surface area contributed by atoms with Gasteiger partial charge in [-0.3, -0.25) is 9.69 Å². The predicted octanol–water partition coefficient (Wildman–Crippen LogP) is 1.02. The van der Waals surface area contributed by atoms with Gasteiger partial charge in [-0.25, -0.2) is 0 Å². The van der Waals surface area contributed by atoms with E-state index in [1.165, 1.54) is 11.3 Å². The van der Waals surface area contributed by atoms with Crippen LogP contribution in [0.25, 0.3) is 0 Å². The molecule has 1 aromatic rings. The number of carbonyl (C=O) groups excluding carboxylic acids is 1. The van der Waals surface area contributed by atoms with Gasteiger partial charge in [0, 0.05) is 33.7 Å². The van der Waals surface area contributed by atoms with Crippen LogP contribution in [0.3, 0.4) is 0 Å². The molecule has 1 fully saturated rings. The summed E-state index contributed by atoms with van der Waals surface area (Å²) in [6.45, 7) is 5.36. The third kappa shape index (κ3) is 2.85. The van der Waals surface area contributed by atoms with Crippen LogP contribution in [0.1, 0.15) is 29.5 Å². The molecule has 0 aromatic carbocycles. The van der Waals surface area contributed by atoms with Gasteiger partial charge in [-0.1, -0.05) is 13.3 Å². The molecule has 2 heterocycles. The van der Waals surface area contributed by atoms with Gasteiger partial charge in [0.05, 0.1) is 5.69 Å². The molecule has 0 saturated carbocycles. The molecule has 0 atom stereocenters. The van der Waals surface area contributed by atoms with Crippen molar-refractivity contribution in [1.82, 2.24) is 20.0 Å². The van der Waals surface area contributed by atoms with Crippen molar-refractivity contribution in [2.75, 3.05) is 27.2 Å². The predicted molar refractivity (Wildman–Crippen MR) is 69.1 cm³/mol. The van der Waals surface area contributed by atoms with Gasteiger partial charge in [0.2, 0.25) is 0 Å². The molecule has 98 valence electrons. The van der Waals surface area contributed by atoms with Crippen LogP contribution < -0.4 is 0 Å². The Morgan fingerprint density at radius 3 is 2.61 bits per heavy atom. The van der Waals surface area contributed by atoms with Gasteiger partial charge < -0.3 is 4.90 Å². The van der Waals surface area contributed by atoms with Crippen molar-refractivity contribution in [2.24, 2.45) is 5.92 Å². The van der Waals surface area contributed by atoms with E-state index in [2.05, 4.69) is 22.0 Å². The first-order chi connectivity index (χ1) is 8.60. The zero-order chi connectivity index (χ0) is 13.1. The highest BCUT2D eigenvalue weighted by Crippen LogP contribution is 2.20. The minimum atomic E-state index is -0.107. The quantitative estimate of drug-likeness (QED) is 0.798. The van der Waals surface area contributed by atoms with E-state index in [4.69, 9.17) is 0 Å². The third-order valence-corrected chi connectivity index (χ3v) is 3.34. The van der Waals surface area contributed by atoms with Crippen LogP contribution in [-0.4, -0.2) is 53.1 Å². The normalized spacial score (nSPS) is 16.4. The molecule has 1 aliphatic rings. The molecule has 0 unspecified atom stereocenters. The Kier molecular flexibility index (Phi) is 3.91. The fraction of sp³-hybridized carbons (Fsp3) is 0.615. The maximum absolute atomic E-state index is 11.6. The van der Waals surface area contributed by atoms with E-state index in [1.807, 2.05) is 6.07 Å². The standard InChI is InChI=1S/C13H20N4O/c1-4-10-7-17(8-10)9-11-5-6-12(15-14-11)13(18)16(2)3/h5-6,10H,4,7-9H2,1-3H3. The second kappa shape index (κ2) is 5.44. The maximum atomic E-state index is 11.6. The van der Waals surface area contributed by atoms with Crippen LogP contribution in [0, 0.1) is 5.92 Å². The van der Waals surface area contributed by atoms with E-state index in [-0.39, 0.29) is 5.91 Å². The average Bonchev–Trinajstić information content (AvgIpc) is 2.33. The summed E-state index contributed by atoms with van der Waals surface area (Å²) in [4.78, 5) is 15.5. The molecule has 5 heteroatoms. The van der Waals surface area contributed by atoms with Crippen LogP contribution >= 0.6 is 0 Å². The van der Waals surface area contributed by atoms with Gasteiger partial charge >= 0.3 is 0 Å². The Labute approximate surface area is 108 Å². The van der Waals surface area contributed by atoms with Crippen molar-refractivity contribution in [1.29, 1.82) is 0 Å². The topological polar surface area (TPSA) is 49.3 Å². The highest BCUT2D eigenvalue weighted by molar-refractivity contribution is 5.91. The molecule has 1 aromatic heterocycles. The van der Waals surface area contributed by atoms with Crippen LogP contribution in [0.4, 0.5) is 0 Å². The lowest BCUT2D eigenvalue weighted by Crippen LogP contribution is -2.45. The highest BCUT2D eigenvalue weighted by Gasteiger charge is 2.25. The number of aromatic nitrogens is 2. The van der Waals surface area contributed by atoms with E-state index < -0.39 is 0 Å². The molecule has 5 nitrogen and oxygen atoms in total. The van der Waals surface area contributed by atoms with Crippen molar-refractivity contribution >= 4 is 5.91 Å². The number of hydrogen-bond donors (Lipinski definition) is 0. The van der Waals surface area contributed by atoms with E-state index in [0.29, 0.717) is 5.69 Å². The molecular formula is C13H20N4O. The average molecular weight is 248 g/mol. The highest BCUT2D eigenvalue weighted by atomic mass is 16.2. The molecule has 1 saturated heterocycles. The Morgan fingerprint density at radius 2 is 2.11 bits per heavy atom. The lowest BCUT2D eigenvalue weighted by atomic mass is 9.97. The van der Waals surface area contributed by atoms with Gasteiger partial charge in [-0.15, -0.1) is 5.10 Å². The molecule has 1 aliphatic heterocycles. The number of amides is 1. The molecular weight excluding hydrogens is 228 g/mol. The van der Waals surface area contributed by atoms with Crippen molar-refractivity contribution in [3.8, 4) is 0 Å². The summed E-state index contributed by atoms with van der Waals surface area (Å²) in [6.07, 6.45) is 1.25. The zero-order valence-electron chi connectivity index (χ0n) is 11.3. The molecule has 0 spiro atoms. The Bertz CT molecular complexity index is 410. The summed E-state index contributed by atoms with van der Waals surface area (Å²) in [5, 5.41) is 8.10. The second-order valence-corrected chi connectivity index (χ2v) is 5.08. The van der Waals surface area contributed by atoms with E-state index in [1.54, 1.807) is 20.2 Å². The van der Waals surface area contributed by atoms with E-state index >= 15 is 0 Å². The minimum absolute atomic E-state index is 0.107. The summed E-state index contributed by atoms with van der Waals surface area (Å²) < 4.78 is 0.